The molecule has 0 aromatic heterocycles. The molecule has 130 valence electrons. The van der Waals surface area contributed by atoms with Crippen molar-refractivity contribution in [1.82, 2.24) is 4.90 Å². The van der Waals surface area contributed by atoms with E-state index >= 15 is 0 Å². The van der Waals surface area contributed by atoms with Crippen LogP contribution in [-0.2, 0) is 14.3 Å². The van der Waals surface area contributed by atoms with Crippen LogP contribution < -0.4 is 0 Å². The van der Waals surface area contributed by atoms with Crippen molar-refractivity contribution in [2.45, 2.75) is 12.8 Å². The molecule has 1 heterocycles. The number of amides is 2. The molecule has 0 atom stereocenters. The zero-order valence-corrected chi connectivity index (χ0v) is 14.0. The maximum absolute atomic E-state index is 12.5. The zero-order chi connectivity index (χ0) is 18.5. The number of carbonyl (C=O) groups is 3. The molecule has 1 saturated heterocycles. The lowest BCUT2D eigenvalue weighted by atomic mass is 9.96. The van der Waals surface area contributed by atoms with E-state index in [-0.39, 0.29) is 11.5 Å². The van der Waals surface area contributed by atoms with Crippen molar-refractivity contribution in [2.75, 3.05) is 13.2 Å². The lowest BCUT2D eigenvalue weighted by Gasteiger charge is -2.14. The van der Waals surface area contributed by atoms with Crippen LogP contribution in [0.2, 0.25) is 0 Å². The second-order valence-corrected chi connectivity index (χ2v) is 5.82. The van der Waals surface area contributed by atoms with Crippen molar-refractivity contribution in [3.8, 4) is 17.2 Å². The summed E-state index contributed by atoms with van der Waals surface area (Å²) in [4.78, 5) is 37.2. The highest BCUT2D eigenvalue weighted by Crippen LogP contribution is 2.27. The number of carbonyl (C=O) groups excluding carboxylic acids is 3. The van der Waals surface area contributed by atoms with Crippen LogP contribution >= 0.6 is 0 Å². The quantitative estimate of drug-likeness (QED) is 0.792. The van der Waals surface area contributed by atoms with Crippen molar-refractivity contribution in [3.63, 3.8) is 0 Å². The molecule has 2 amide bonds. The lowest BCUT2D eigenvalue weighted by molar-refractivity contribution is -0.143. The van der Waals surface area contributed by atoms with Gasteiger partial charge in [-0.25, -0.2) is 4.79 Å². The summed E-state index contributed by atoms with van der Waals surface area (Å²) >= 11 is 0. The van der Waals surface area contributed by atoms with Crippen LogP contribution in [0.1, 0.15) is 28.8 Å². The van der Waals surface area contributed by atoms with Crippen LogP contribution in [0.5, 0.6) is 0 Å². The first-order valence-electron chi connectivity index (χ1n) is 8.20. The van der Waals surface area contributed by atoms with Gasteiger partial charge in [-0.15, -0.1) is 0 Å². The molecule has 0 spiro atoms. The van der Waals surface area contributed by atoms with E-state index in [9.17, 15) is 19.6 Å². The third-order valence-corrected chi connectivity index (χ3v) is 4.19. The molecule has 1 aliphatic rings. The summed E-state index contributed by atoms with van der Waals surface area (Å²) in [5, 5.41) is 9.28. The van der Waals surface area contributed by atoms with Gasteiger partial charge in [0.25, 0.3) is 5.91 Å². The fourth-order valence-corrected chi connectivity index (χ4v) is 2.91. The summed E-state index contributed by atoms with van der Waals surface area (Å²) < 4.78 is 5.12. The second-order valence-electron chi connectivity index (χ2n) is 5.82. The number of benzene rings is 2. The molecule has 2 aromatic carbocycles. The van der Waals surface area contributed by atoms with E-state index in [2.05, 4.69) is 6.07 Å². The van der Waals surface area contributed by atoms with E-state index in [0.717, 1.165) is 4.90 Å². The van der Waals surface area contributed by atoms with Crippen molar-refractivity contribution in [3.05, 3.63) is 59.7 Å². The SMILES string of the molecule is N#Cc1ccccc1-c1ccccc1C(=O)OCC(=O)N1CCCC1=O. The Morgan fingerprint density at radius 1 is 1.08 bits per heavy atom. The largest absolute Gasteiger partial charge is 0.452 e. The number of nitrogens with zero attached hydrogens (tertiary/aromatic N) is 2. The average Bonchev–Trinajstić information content (AvgIpc) is 3.11. The highest BCUT2D eigenvalue weighted by molar-refractivity contribution is 6.01. The van der Waals surface area contributed by atoms with Gasteiger partial charge in [-0.2, -0.15) is 5.26 Å². The molecule has 0 bridgehead atoms. The molecule has 0 radical (unpaired) electrons. The zero-order valence-electron chi connectivity index (χ0n) is 14.0. The minimum absolute atomic E-state index is 0.241. The van der Waals surface area contributed by atoms with Crippen molar-refractivity contribution in [2.24, 2.45) is 0 Å². The number of rotatable bonds is 4. The number of ether oxygens (including phenoxy) is 1. The fraction of sp³-hybridized carbons (Fsp3) is 0.200. The smallest absolute Gasteiger partial charge is 0.339 e. The highest BCUT2D eigenvalue weighted by Gasteiger charge is 2.27. The minimum atomic E-state index is -0.673. The Balaban J connectivity index is 1.79. The number of imide groups is 1. The molecule has 6 nitrogen and oxygen atoms in total. The van der Waals surface area contributed by atoms with Crippen LogP contribution in [0, 0.1) is 11.3 Å². The molecule has 0 aliphatic carbocycles. The molecule has 1 fully saturated rings. The van der Waals surface area contributed by atoms with Gasteiger partial charge in [0.05, 0.1) is 17.2 Å². The number of likely N-dealkylation sites (tertiary alicyclic amines) is 1. The van der Waals surface area contributed by atoms with E-state index in [1.807, 2.05) is 0 Å². The number of nitriles is 1. The minimum Gasteiger partial charge on any atom is -0.452 e. The normalized spacial score (nSPS) is 13.3. The van der Waals surface area contributed by atoms with Gasteiger partial charge in [-0.05, 0) is 24.1 Å². The van der Waals surface area contributed by atoms with Gasteiger partial charge in [0.1, 0.15) is 0 Å². The standard InChI is InChI=1S/C20H16N2O4/c21-12-14-6-1-2-7-15(14)16-8-3-4-9-17(16)20(25)26-13-19(24)22-11-5-10-18(22)23/h1-4,6-9H,5,10-11,13H2. The van der Waals surface area contributed by atoms with E-state index in [4.69, 9.17) is 4.74 Å². The molecule has 0 unspecified atom stereocenters. The predicted molar refractivity (Wildman–Crippen MR) is 92.8 cm³/mol. The van der Waals surface area contributed by atoms with Gasteiger partial charge in [0, 0.05) is 18.5 Å². The lowest BCUT2D eigenvalue weighted by Crippen LogP contribution is -2.35. The third kappa shape index (κ3) is 3.47. The Hall–Kier alpha value is -3.46. The third-order valence-electron chi connectivity index (χ3n) is 4.19. The van der Waals surface area contributed by atoms with Crippen LogP contribution in [0.25, 0.3) is 11.1 Å². The molecule has 26 heavy (non-hydrogen) atoms. The summed E-state index contributed by atoms with van der Waals surface area (Å²) in [7, 11) is 0. The fourth-order valence-electron chi connectivity index (χ4n) is 2.91. The maximum Gasteiger partial charge on any atom is 0.339 e. The summed E-state index contributed by atoms with van der Waals surface area (Å²) in [5.41, 5.74) is 1.87. The molecule has 1 aliphatic heterocycles. The average molecular weight is 348 g/mol. The van der Waals surface area contributed by atoms with Gasteiger partial charge < -0.3 is 4.74 Å². The number of hydrogen-bond donors (Lipinski definition) is 0. The Morgan fingerprint density at radius 2 is 1.77 bits per heavy atom. The first-order chi connectivity index (χ1) is 12.6. The number of esters is 1. The maximum atomic E-state index is 12.5. The van der Waals surface area contributed by atoms with Crippen molar-refractivity contribution < 1.29 is 19.1 Å². The second kappa shape index (κ2) is 7.62. The molecule has 0 saturated carbocycles. The summed E-state index contributed by atoms with van der Waals surface area (Å²) in [5.74, 6) is -1.43. The van der Waals surface area contributed by atoms with Crippen LogP contribution in [0.15, 0.2) is 48.5 Å². The number of hydrogen-bond acceptors (Lipinski definition) is 5. The van der Waals surface area contributed by atoms with Crippen LogP contribution in [0.4, 0.5) is 0 Å². The topological polar surface area (TPSA) is 87.5 Å². The monoisotopic (exact) mass is 348 g/mol. The Morgan fingerprint density at radius 3 is 2.46 bits per heavy atom. The molecular weight excluding hydrogens is 332 g/mol. The summed E-state index contributed by atoms with van der Waals surface area (Å²) in [6.45, 7) is -0.125. The van der Waals surface area contributed by atoms with E-state index in [1.165, 1.54) is 0 Å². The first kappa shape index (κ1) is 17.4. The molecule has 2 aromatic rings. The van der Waals surface area contributed by atoms with Gasteiger partial charge in [-0.3, -0.25) is 14.5 Å². The molecular formula is C20H16N2O4. The van der Waals surface area contributed by atoms with Gasteiger partial charge >= 0.3 is 5.97 Å². The molecule has 0 N–H and O–H groups in total. The van der Waals surface area contributed by atoms with E-state index in [1.54, 1.807) is 48.5 Å². The van der Waals surface area contributed by atoms with E-state index in [0.29, 0.717) is 36.1 Å². The van der Waals surface area contributed by atoms with Gasteiger partial charge in [0.2, 0.25) is 5.91 Å². The van der Waals surface area contributed by atoms with E-state index < -0.39 is 18.5 Å². The molecule has 3 rings (SSSR count). The van der Waals surface area contributed by atoms with Crippen molar-refractivity contribution in [1.29, 1.82) is 5.26 Å². The Labute approximate surface area is 150 Å². The summed E-state index contributed by atoms with van der Waals surface area (Å²) in [6, 6.07) is 15.8. The predicted octanol–water partition coefficient (Wildman–Crippen LogP) is 2.53. The van der Waals surface area contributed by atoms with Crippen LogP contribution in [-0.4, -0.2) is 35.8 Å². The van der Waals surface area contributed by atoms with Gasteiger partial charge in [0.15, 0.2) is 6.61 Å². The Kier molecular flexibility index (Phi) is 5.09. The summed E-state index contributed by atoms with van der Waals surface area (Å²) in [6.07, 6.45) is 0.972. The Bertz CT molecular complexity index is 914. The van der Waals surface area contributed by atoms with Crippen LogP contribution in [0.3, 0.4) is 0 Å². The highest BCUT2D eigenvalue weighted by atomic mass is 16.5. The van der Waals surface area contributed by atoms with Crippen molar-refractivity contribution >= 4 is 17.8 Å². The first-order valence-corrected chi connectivity index (χ1v) is 8.20. The van der Waals surface area contributed by atoms with Gasteiger partial charge in [-0.1, -0.05) is 36.4 Å². The molecule has 6 heteroatoms.